The van der Waals surface area contributed by atoms with Crippen molar-refractivity contribution in [2.45, 2.75) is 25.0 Å². The van der Waals surface area contributed by atoms with Gasteiger partial charge in [-0.3, -0.25) is 4.79 Å². The summed E-state index contributed by atoms with van der Waals surface area (Å²) in [5, 5.41) is 2.98. The number of carbonyl (C=O) groups excluding carboxylic acids is 1. The van der Waals surface area contributed by atoms with Gasteiger partial charge in [-0.1, -0.05) is 0 Å². The van der Waals surface area contributed by atoms with Gasteiger partial charge in [0, 0.05) is 19.1 Å². The highest BCUT2D eigenvalue weighted by Gasteiger charge is 2.38. The molecule has 1 saturated heterocycles. The lowest BCUT2D eigenvalue weighted by Gasteiger charge is -2.32. The first-order chi connectivity index (χ1) is 6.33. The second-order valence-corrected chi connectivity index (χ2v) is 3.68. The molecule has 1 N–H and O–H groups in total. The van der Waals surface area contributed by atoms with Gasteiger partial charge in [0.2, 0.25) is 0 Å². The molecule has 74 valence electrons. The Kier molecular flexibility index (Phi) is 2.51. The van der Waals surface area contributed by atoms with Crippen molar-refractivity contribution in [3.8, 4) is 0 Å². The van der Waals surface area contributed by atoms with Crippen LogP contribution < -0.4 is 5.32 Å². The summed E-state index contributed by atoms with van der Waals surface area (Å²) in [5.41, 5.74) is 0. The maximum absolute atomic E-state index is 11.8. The number of nitrogens with one attached hydrogen (secondary N) is 1. The van der Waals surface area contributed by atoms with E-state index in [9.17, 15) is 4.79 Å². The normalized spacial score (nSPS) is 29.5. The molecule has 1 heterocycles. The van der Waals surface area contributed by atoms with E-state index in [1.807, 2.05) is 11.9 Å². The van der Waals surface area contributed by atoms with E-state index < -0.39 is 0 Å². The van der Waals surface area contributed by atoms with Crippen LogP contribution in [0.25, 0.3) is 0 Å². The number of nitrogens with zero attached hydrogens (tertiary/aromatic N) is 1. The molecule has 1 amide bonds. The summed E-state index contributed by atoms with van der Waals surface area (Å²) < 4.78 is 5.39. The molecule has 2 aliphatic rings. The van der Waals surface area contributed by atoms with Crippen molar-refractivity contribution in [3.05, 3.63) is 0 Å². The zero-order chi connectivity index (χ0) is 9.26. The molecule has 4 nitrogen and oxygen atoms in total. The summed E-state index contributed by atoms with van der Waals surface area (Å²) in [6, 6.07) is 0.524. The Hall–Kier alpha value is -0.610. The summed E-state index contributed by atoms with van der Waals surface area (Å²) >= 11 is 0. The second-order valence-electron chi connectivity index (χ2n) is 3.68. The minimum atomic E-state index is -0.251. The molecular formula is C9H16N2O2. The Labute approximate surface area is 78.2 Å². The highest BCUT2D eigenvalue weighted by molar-refractivity contribution is 5.82. The monoisotopic (exact) mass is 184 g/mol. The van der Waals surface area contributed by atoms with Gasteiger partial charge in [0.1, 0.15) is 6.10 Å². The fourth-order valence-corrected chi connectivity index (χ4v) is 1.74. The van der Waals surface area contributed by atoms with Crippen LogP contribution in [0.5, 0.6) is 0 Å². The van der Waals surface area contributed by atoms with Crippen LogP contribution in [0, 0.1) is 0 Å². The second kappa shape index (κ2) is 3.64. The molecule has 1 unspecified atom stereocenters. The SMILES string of the molecule is CNCC1OCCN(C2CC2)C1=O. The third kappa shape index (κ3) is 1.84. The zero-order valence-corrected chi connectivity index (χ0v) is 7.95. The molecule has 1 saturated carbocycles. The molecule has 0 spiro atoms. The maximum atomic E-state index is 11.8. The molecule has 1 atom stereocenters. The smallest absolute Gasteiger partial charge is 0.253 e. The fraction of sp³-hybridized carbons (Fsp3) is 0.889. The van der Waals surface area contributed by atoms with Crippen LogP contribution in [0.3, 0.4) is 0 Å². The lowest BCUT2D eigenvalue weighted by atomic mass is 10.2. The molecule has 0 aromatic carbocycles. The Bertz CT molecular complexity index is 202. The van der Waals surface area contributed by atoms with E-state index in [1.165, 1.54) is 12.8 Å². The Morgan fingerprint density at radius 3 is 3.00 bits per heavy atom. The third-order valence-electron chi connectivity index (χ3n) is 2.59. The van der Waals surface area contributed by atoms with Gasteiger partial charge < -0.3 is 15.0 Å². The van der Waals surface area contributed by atoms with E-state index in [0.29, 0.717) is 19.2 Å². The van der Waals surface area contributed by atoms with Crippen molar-refractivity contribution in [2.75, 3.05) is 26.7 Å². The van der Waals surface area contributed by atoms with E-state index in [4.69, 9.17) is 4.74 Å². The van der Waals surface area contributed by atoms with Crippen LogP contribution in [0.2, 0.25) is 0 Å². The molecule has 4 heteroatoms. The summed E-state index contributed by atoms with van der Waals surface area (Å²) in [7, 11) is 1.84. The first-order valence-electron chi connectivity index (χ1n) is 4.89. The summed E-state index contributed by atoms with van der Waals surface area (Å²) in [6.07, 6.45) is 2.11. The van der Waals surface area contributed by atoms with Gasteiger partial charge in [0.25, 0.3) is 5.91 Å². The number of hydrogen-bond acceptors (Lipinski definition) is 3. The van der Waals surface area contributed by atoms with Gasteiger partial charge in [-0.15, -0.1) is 0 Å². The first-order valence-corrected chi connectivity index (χ1v) is 4.89. The molecule has 1 aliphatic carbocycles. The average Bonchev–Trinajstić information content (AvgIpc) is 2.92. The van der Waals surface area contributed by atoms with Crippen molar-refractivity contribution in [2.24, 2.45) is 0 Å². The van der Waals surface area contributed by atoms with Crippen molar-refractivity contribution in [3.63, 3.8) is 0 Å². The number of likely N-dealkylation sites (N-methyl/N-ethyl adjacent to an activating group) is 1. The number of carbonyl (C=O) groups is 1. The van der Waals surface area contributed by atoms with Crippen LogP contribution in [-0.4, -0.2) is 49.7 Å². The number of hydrogen-bond donors (Lipinski definition) is 1. The van der Waals surface area contributed by atoms with Crippen LogP contribution in [-0.2, 0) is 9.53 Å². The standard InChI is InChI=1S/C9H16N2O2/c1-10-6-8-9(12)11(4-5-13-8)7-2-3-7/h7-8,10H,2-6H2,1H3. The van der Waals surface area contributed by atoms with E-state index >= 15 is 0 Å². The van der Waals surface area contributed by atoms with E-state index in [2.05, 4.69) is 5.32 Å². The van der Waals surface area contributed by atoms with Gasteiger partial charge in [-0.2, -0.15) is 0 Å². The van der Waals surface area contributed by atoms with Crippen molar-refractivity contribution in [1.29, 1.82) is 0 Å². The highest BCUT2D eigenvalue weighted by atomic mass is 16.5. The summed E-state index contributed by atoms with van der Waals surface area (Å²) in [5.74, 6) is 0.170. The fourth-order valence-electron chi connectivity index (χ4n) is 1.74. The highest BCUT2D eigenvalue weighted by Crippen LogP contribution is 2.28. The molecule has 13 heavy (non-hydrogen) atoms. The number of amides is 1. The molecule has 0 aromatic heterocycles. The number of rotatable bonds is 3. The zero-order valence-electron chi connectivity index (χ0n) is 7.95. The quantitative estimate of drug-likeness (QED) is 0.648. The predicted octanol–water partition coefficient (Wildman–Crippen LogP) is -0.404. The molecule has 1 aliphatic heterocycles. The first kappa shape index (κ1) is 8.97. The van der Waals surface area contributed by atoms with Crippen LogP contribution >= 0.6 is 0 Å². The van der Waals surface area contributed by atoms with Gasteiger partial charge in [0.05, 0.1) is 6.61 Å². The maximum Gasteiger partial charge on any atom is 0.253 e. The lowest BCUT2D eigenvalue weighted by Crippen LogP contribution is -2.51. The predicted molar refractivity (Wildman–Crippen MR) is 48.4 cm³/mol. The van der Waals surface area contributed by atoms with E-state index in [1.54, 1.807) is 0 Å². The van der Waals surface area contributed by atoms with Crippen molar-refractivity contribution in [1.82, 2.24) is 10.2 Å². The number of ether oxygens (including phenoxy) is 1. The molecule has 2 rings (SSSR count). The lowest BCUT2D eigenvalue weighted by molar-refractivity contribution is -0.153. The van der Waals surface area contributed by atoms with E-state index in [-0.39, 0.29) is 12.0 Å². The molecule has 0 radical (unpaired) electrons. The Balaban J connectivity index is 1.94. The van der Waals surface area contributed by atoms with Crippen molar-refractivity contribution < 1.29 is 9.53 Å². The topological polar surface area (TPSA) is 41.6 Å². The largest absolute Gasteiger partial charge is 0.365 e. The summed E-state index contributed by atoms with van der Waals surface area (Å²) in [4.78, 5) is 13.7. The van der Waals surface area contributed by atoms with Gasteiger partial charge >= 0.3 is 0 Å². The molecular weight excluding hydrogens is 168 g/mol. The van der Waals surface area contributed by atoms with E-state index in [0.717, 1.165) is 6.54 Å². The van der Waals surface area contributed by atoms with Crippen molar-refractivity contribution >= 4 is 5.91 Å². The molecule has 2 fully saturated rings. The van der Waals surface area contributed by atoms with Crippen LogP contribution in [0.15, 0.2) is 0 Å². The average molecular weight is 184 g/mol. The minimum Gasteiger partial charge on any atom is -0.365 e. The number of morpholine rings is 1. The third-order valence-corrected chi connectivity index (χ3v) is 2.59. The summed E-state index contributed by atoms with van der Waals surface area (Å²) in [6.45, 7) is 2.10. The Morgan fingerprint density at radius 1 is 1.62 bits per heavy atom. The van der Waals surface area contributed by atoms with Crippen LogP contribution in [0.4, 0.5) is 0 Å². The minimum absolute atomic E-state index is 0.170. The van der Waals surface area contributed by atoms with Crippen LogP contribution in [0.1, 0.15) is 12.8 Å². The van der Waals surface area contributed by atoms with Gasteiger partial charge in [0.15, 0.2) is 0 Å². The molecule has 0 aromatic rings. The molecule has 0 bridgehead atoms. The van der Waals surface area contributed by atoms with Gasteiger partial charge in [-0.25, -0.2) is 0 Å². The Morgan fingerprint density at radius 2 is 2.38 bits per heavy atom. The van der Waals surface area contributed by atoms with Gasteiger partial charge in [-0.05, 0) is 19.9 Å².